The second-order valence-electron chi connectivity index (χ2n) is 3.38. The van der Waals surface area contributed by atoms with Crippen molar-refractivity contribution in [3.8, 4) is 0 Å². The zero-order chi connectivity index (χ0) is 13.1. The van der Waals surface area contributed by atoms with E-state index < -0.39 is 20.8 Å². The topological polar surface area (TPSA) is 107 Å². The van der Waals surface area contributed by atoms with Crippen LogP contribution in [0.4, 0.5) is 5.82 Å². The Hall–Kier alpha value is -0.930. The molecule has 0 spiro atoms. The van der Waals surface area contributed by atoms with Crippen LogP contribution < -0.4 is 10.5 Å². The number of aromatic nitrogens is 2. The molecule has 1 heterocycles. The van der Waals surface area contributed by atoms with Gasteiger partial charge in [0, 0.05) is 35.9 Å². The zero-order valence-corrected chi connectivity index (χ0v) is 11.3. The lowest BCUT2D eigenvalue weighted by Gasteiger charge is -2.07. The fourth-order valence-electron chi connectivity index (χ4n) is 1.27. The van der Waals surface area contributed by atoms with Crippen LogP contribution >= 0.6 is 0 Å². The Morgan fingerprint density at radius 1 is 1.59 bits per heavy atom. The maximum absolute atomic E-state index is 11.9. The van der Waals surface area contributed by atoms with Crippen molar-refractivity contribution in [1.82, 2.24) is 14.3 Å². The molecule has 1 aromatic heterocycles. The summed E-state index contributed by atoms with van der Waals surface area (Å²) < 4.78 is 38.5. The van der Waals surface area contributed by atoms with Crippen molar-refractivity contribution in [2.45, 2.75) is 11.9 Å². The van der Waals surface area contributed by atoms with E-state index in [1.165, 1.54) is 10.9 Å². The zero-order valence-electron chi connectivity index (χ0n) is 9.71. The van der Waals surface area contributed by atoms with Crippen LogP contribution in [0.3, 0.4) is 0 Å². The lowest BCUT2D eigenvalue weighted by molar-refractivity contribution is 0.574. The molecule has 7 nitrogen and oxygen atoms in total. The highest BCUT2D eigenvalue weighted by Crippen LogP contribution is 2.14. The maximum Gasteiger partial charge on any atom is 0.260 e. The van der Waals surface area contributed by atoms with Crippen molar-refractivity contribution in [1.29, 1.82) is 0 Å². The molecule has 1 aromatic rings. The lowest BCUT2D eigenvalue weighted by atomic mass is 10.8. The highest BCUT2D eigenvalue weighted by atomic mass is 32.2. The van der Waals surface area contributed by atoms with Crippen LogP contribution in [0.25, 0.3) is 0 Å². The molecule has 0 aliphatic heterocycles. The molecule has 0 saturated carbocycles. The van der Waals surface area contributed by atoms with Gasteiger partial charge < -0.3 is 10.3 Å². The Morgan fingerprint density at radius 3 is 2.71 bits per heavy atom. The maximum atomic E-state index is 11.9. The van der Waals surface area contributed by atoms with Crippen LogP contribution in [0.2, 0.25) is 0 Å². The second-order valence-corrected chi connectivity index (χ2v) is 6.92. The number of nitrogens with zero attached hydrogens (tertiary/aromatic N) is 2. The molecule has 0 radical (unpaired) electrons. The van der Waals surface area contributed by atoms with Gasteiger partial charge in [0.25, 0.3) is 10.0 Å². The highest BCUT2D eigenvalue weighted by Gasteiger charge is 2.21. The number of nitrogen functional groups attached to an aromatic ring is 1. The van der Waals surface area contributed by atoms with Crippen molar-refractivity contribution >= 4 is 26.6 Å². The molecule has 0 amide bonds. The van der Waals surface area contributed by atoms with Gasteiger partial charge in [-0.3, -0.25) is 4.21 Å². The van der Waals surface area contributed by atoms with Gasteiger partial charge in [0.1, 0.15) is 0 Å². The largest absolute Gasteiger partial charge is 0.381 e. The highest BCUT2D eigenvalue weighted by molar-refractivity contribution is 7.89. The number of aryl methyl sites for hydroxylation is 1. The van der Waals surface area contributed by atoms with E-state index in [1.54, 1.807) is 14.0 Å². The Morgan fingerprint density at radius 2 is 2.24 bits per heavy atom. The number of anilines is 1. The van der Waals surface area contributed by atoms with Crippen LogP contribution in [-0.2, 0) is 27.9 Å². The average Bonchev–Trinajstić information content (AvgIpc) is 2.58. The summed E-state index contributed by atoms with van der Waals surface area (Å²) in [6, 6.07) is 0. The van der Waals surface area contributed by atoms with Gasteiger partial charge >= 0.3 is 0 Å². The van der Waals surface area contributed by atoms with E-state index in [0.717, 1.165) is 0 Å². The Bertz CT molecular complexity index is 489. The summed E-state index contributed by atoms with van der Waals surface area (Å²) in [5.41, 5.74) is 5.47. The number of imidazole rings is 1. The van der Waals surface area contributed by atoms with Gasteiger partial charge in [-0.05, 0) is 0 Å². The molecule has 98 valence electrons. The minimum Gasteiger partial charge on any atom is -0.381 e. The minimum absolute atomic E-state index is 0.0448. The molecule has 0 fully saturated rings. The predicted octanol–water partition coefficient (Wildman–Crippen LogP) is -0.951. The van der Waals surface area contributed by atoms with E-state index in [-0.39, 0.29) is 23.1 Å². The third-order valence-corrected chi connectivity index (χ3v) is 5.00. The molecule has 1 unspecified atom stereocenters. The lowest BCUT2D eigenvalue weighted by Crippen LogP contribution is -2.30. The van der Waals surface area contributed by atoms with Crippen molar-refractivity contribution in [3.05, 3.63) is 6.33 Å². The standard InChI is InChI=1S/C8H16N4O3S2/c1-3-16(13)5-4-11-17(14,15)8-7(9)10-6-12(8)2/h6,11H,3-5,9H2,1-2H3. The number of nitrogens with one attached hydrogen (secondary N) is 1. The van der Waals surface area contributed by atoms with Gasteiger partial charge in [-0.2, -0.15) is 0 Å². The Balaban J connectivity index is 2.73. The summed E-state index contributed by atoms with van der Waals surface area (Å²) >= 11 is 0. The van der Waals surface area contributed by atoms with E-state index in [1.807, 2.05) is 0 Å². The minimum atomic E-state index is -3.69. The second kappa shape index (κ2) is 5.61. The SMILES string of the molecule is CCS(=O)CCNS(=O)(=O)c1c(N)ncn1C. The number of hydrogen-bond donors (Lipinski definition) is 2. The number of rotatable bonds is 6. The molecule has 0 aliphatic carbocycles. The molecule has 1 atom stereocenters. The van der Waals surface area contributed by atoms with Crippen LogP contribution in [0, 0.1) is 0 Å². The number of nitrogens with two attached hydrogens (primary N) is 1. The molecule has 1 rings (SSSR count). The van der Waals surface area contributed by atoms with Crippen molar-refractivity contribution in [2.24, 2.45) is 7.05 Å². The van der Waals surface area contributed by atoms with E-state index >= 15 is 0 Å². The predicted molar refractivity (Wildman–Crippen MR) is 66.4 cm³/mol. The summed E-state index contributed by atoms with van der Waals surface area (Å²) in [6.07, 6.45) is 1.33. The molecule has 0 aromatic carbocycles. The normalized spacial score (nSPS) is 13.8. The smallest absolute Gasteiger partial charge is 0.260 e. The Labute approximate surface area is 103 Å². The van der Waals surface area contributed by atoms with Crippen molar-refractivity contribution in [2.75, 3.05) is 23.8 Å². The first kappa shape index (κ1) is 14.1. The molecular formula is C8H16N4O3S2. The van der Waals surface area contributed by atoms with E-state index in [9.17, 15) is 12.6 Å². The first-order valence-electron chi connectivity index (χ1n) is 5.00. The van der Waals surface area contributed by atoms with Gasteiger partial charge in [0.05, 0.1) is 6.33 Å². The van der Waals surface area contributed by atoms with Gasteiger partial charge in [-0.15, -0.1) is 0 Å². The Kier molecular flexibility index (Phi) is 4.66. The average molecular weight is 280 g/mol. The number of sulfonamides is 1. The van der Waals surface area contributed by atoms with Crippen molar-refractivity contribution < 1.29 is 12.6 Å². The van der Waals surface area contributed by atoms with Crippen LogP contribution in [-0.4, -0.2) is 40.2 Å². The van der Waals surface area contributed by atoms with Gasteiger partial charge in [-0.25, -0.2) is 18.1 Å². The summed E-state index contributed by atoms with van der Waals surface area (Å²) in [4.78, 5) is 3.70. The molecule has 0 bridgehead atoms. The van der Waals surface area contributed by atoms with Gasteiger partial charge in [-0.1, -0.05) is 6.92 Å². The first-order chi connectivity index (χ1) is 7.88. The monoisotopic (exact) mass is 280 g/mol. The van der Waals surface area contributed by atoms with Crippen LogP contribution in [0.5, 0.6) is 0 Å². The summed E-state index contributed by atoms with van der Waals surface area (Å²) in [6.45, 7) is 1.90. The van der Waals surface area contributed by atoms with Gasteiger partial charge in [0.15, 0.2) is 10.8 Å². The fourth-order valence-corrected chi connectivity index (χ4v) is 3.28. The van der Waals surface area contributed by atoms with E-state index in [0.29, 0.717) is 5.75 Å². The van der Waals surface area contributed by atoms with E-state index in [4.69, 9.17) is 5.73 Å². The molecule has 9 heteroatoms. The fraction of sp³-hybridized carbons (Fsp3) is 0.625. The summed E-state index contributed by atoms with van der Waals surface area (Å²) in [5, 5.41) is -0.0696. The molecule has 0 aliphatic rings. The van der Waals surface area contributed by atoms with E-state index in [2.05, 4.69) is 9.71 Å². The van der Waals surface area contributed by atoms with Crippen molar-refractivity contribution in [3.63, 3.8) is 0 Å². The first-order valence-corrected chi connectivity index (χ1v) is 7.97. The number of hydrogen-bond acceptors (Lipinski definition) is 5. The quantitative estimate of drug-likeness (QED) is 0.698. The van der Waals surface area contributed by atoms with Crippen LogP contribution in [0.15, 0.2) is 11.4 Å². The third-order valence-electron chi connectivity index (χ3n) is 2.11. The van der Waals surface area contributed by atoms with Crippen LogP contribution in [0.1, 0.15) is 6.92 Å². The third kappa shape index (κ3) is 3.51. The molecule has 17 heavy (non-hydrogen) atoms. The van der Waals surface area contributed by atoms with Gasteiger partial charge in [0.2, 0.25) is 0 Å². The molecule has 3 N–H and O–H groups in total. The summed E-state index contributed by atoms with van der Waals surface area (Å²) in [7, 11) is -3.15. The molecular weight excluding hydrogens is 264 g/mol. The molecule has 0 saturated heterocycles. The summed E-state index contributed by atoms with van der Waals surface area (Å²) in [5.74, 6) is 0.750.